The van der Waals surface area contributed by atoms with Crippen molar-refractivity contribution in [3.63, 3.8) is 0 Å². The fourth-order valence-corrected chi connectivity index (χ4v) is 37.9. The molecule has 10 saturated carbocycles. The van der Waals surface area contributed by atoms with Crippen molar-refractivity contribution in [2.45, 2.75) is 282 Å². The molecule has 10 fully saturated rings. The van der Waals surface area contributed by atoms with Crippen LogP contribution in [0.4, 0.5) is 0 Å². The Morgan fingerprint density at radius 2 is 0.692 bits per heavy atom. The summed E-state index contributed by atoms with van der Waals surface area (Å²) in [6, 6.07) is 0. The monoisotopic (exact) mass is 925 g/mol. The number of unbranched alkanes of at least 4 members (excludes halogenated alkanes) is 2. The SMILES string of the molecule is CC(C)C1CC2C(CCCCCC3CCCC4C3CC(C)C4[Si](C)(C)C3C(C)CC4C(C5CCCCC5)CCCC43)CCCC2C1[Si](C)(C)C1C(C)CC2C(C3CCCCC3)CCCC21. The van der Waals surface area contributed by atoms with Crippen LogP contribution in [-0.2, 0) is 0 Å². The van der Waals surface area contributed by atoms with E-state index in [1.165, 1.54) is 12.8 Å². The molecule has 2 heteroatoms. The third kappa shape index (κ3) is 9.29. The van der Waals surface area contributed by atoms with E-state index in [1.54, 1.807) is 186 Å². The fourth-order valence-electron chi connectivity index (χ4n) is 24.5. The van der Waals surface area contributed by atoms with Gasteiger partial charge in [0.05, 0.1) is 16.1 Å². The molecule has 0 radical (unpaired) electrons. The van der Waals surface area contributed by atoms with Crippen molar-refractivity contribution < 1.29 is 0 Å². The summed E-state index contributed by atoms with van der Waals surface area (Å²) in [5.41, 5.74) is 4.47. The lowest BCUT2D eigenvalue weighted by Gasteiger charge is -2.50. The van der Waals surface area contributed by atoms with Gasteiger partial charge in [-0.2, -0.15) is 0 Å². The Balaban J connectivity index is 0.740. The Morgan fingerprint density at radius 1 is 0.338 bits per heavy atom. The lowest BCUT2D eigenvalue weighted by atomic mass is 9.65. The molecule has 20 atom stereocenters. The molecule has 0 N–H and O–H groups in total. The zero-order valence-electron chi connectivity index (χ0n) is 45.2. The Labute approximate surface area is 408 Å². The third-order valence-electron chi connectivity index (χ3n) is 26.0. The molecule has 0 aromatic carbocycles. The number of rotatable bonds is 13. The van der Waals surface area contributed by atoms with Crippen LogP contribution in [0.3, 0.4) is 0 Å². The molecule has 0 amide bonds. The summed E-state index contributed by atoms with van der Waals surface area (Å²) in [7, 11) is -2.89. The van der Waals surface area contributed by atoms with Crippen LogP contribution in [0.25, 0.3) is 0 Å². The van der Waals surface area contributed by atoms with Crippen molar-refractivity contribution in [1.29, 1.82) is 0 Å². The largest absolute Gasteiger partial charge is 0.0689 e. The van der Waals surface area contributed by atoms with Crippen molar-refractivity contribution in [3.05, 3.63) is 0 Å². The van der Waals surface area contributed by atoms with Crippen molar-refractivity contribution in [2.75, 3.05) is 0 Å². The molecule has 372 valence electrons. The van der Waals surface area contributed by atoms with E-state index in [0.29, 0.717) is 0 Å². The zero-order chi connectivity index (χ0) is 45.2. The van der Waals surface area contributed by atoms with Crippen LogP contribution in [0.5, 0.6) is 0 Å². The Kier molecular flexibility index (Phi) is 15.5. The maximum Gasteiger partial charge on any atom is 0.0547 e. The van der Waals surface area contributed by atoms with Crippen LogP contribution < -0.4 is 0 Å². The van der Waals surface area contributed by atoms with Gasteiger partial charge in [-0.1, -0.05) is 221 Å². The lowest BCUT2D eigenvalue weighted by molar-refractivity contribution is 0.0976. The summed E-state index contributed by atoms with van der Waals surface area (Å²) in [5, 5.41) is 0. The number of hydrogen-bond acceptors (Lipinski definition) is 0. The van der Waals surface area contributed by atoms with Gasteiger partial charge in [0.2, 0.25) is 0 Å². The molecule has 10 aliphatic carbocycles. The van der Waals surface area contributed by atoms with Crippen LogP contribution >= 0.6 is 0 Å². The maximum absolute atomic E-state index is 3.02. The van der Waals surface area contributed by atoms with Gasteiger partial charge < -0.3 is 0 Å². The minimum atomic E-state index is -1.47. The van der Waals surface area contributed by atoms with Gasteiger partial charge in [0.15, 0.2) is 0 Å². The number of hydrogen-bond donors (Lipinski definition) is 0. The van der Waals surface area contributed by atoms with E-state index in [1.807, 2.05) is 0 Å². The van der Waals surface area contributed by atoms with Crippen molar-refractivity contribution in [2.24, 2.45) is 112 Å². The molecule has 10 aliphatic rings. The molecule has 65 heavy (non-hydrogen) atoms. The highest BCUT2D eigenvalue weighted by atomic mass is 28.3. The van der Waals surface area contributed by atoms with Crippen LogP contribution in [0, 0.1) is 112 Å². The summed E-state index contributed by atoms with van der Waals surface area (Å²) < 4.78 is 0. The van der Waals surface area contributed by atoms with E-state index >= 15 is 0 Å². The average molecular weight is 926 g/mol. The molecule has 0 aliphatic heterocycles. The Bertz CT molecular complexity index is 1520. The molecule has 0 heterocycles. The van der Waals surface area contributed by atoms with Gasteiger partial charge in [-0.25, -0.2) is 0 Å². The van der Waals surface area contributed by atoms with Crippen molar-refractivity contribution >= 4 is 16.1 Å². The number of fused-ring (bicyclic) bond motifs is 4. The standard InChI is InChI=1S/C63H112Si2/c1-41(2)55-40-57-48(30-20-34-52(57)63(55)65(8,9)62-44(5)39-59-50(32-22-36-54(59)62)46-25-15-11-16-26-46)28-18-12-17-27-47-29-19-33-51-56(47)37-42(3)60(51)64(6,7)61-43(4)38-58-49(31-21-35-53(58)61)45-23-13-10-14-24-45/h41-63H,10-40H2,1-9H3. The van der Waals surface area contributed by atoms with E-state index in [2.05, 4.69) is 60.8 Å². The maximum atomic E-state index is 3.02. The summed E-state index contributed by atoms with van der Waals surface area (Å²) in [6.07, 6.45) is 49.0. The molecule has 0 bridgehead atoms. The van der Waals surface area contributed by atoms with Crippen molar-refractivity contribution in [3.8, 4) is 0 Å². The molecule has 10 rings (SSSR count). The highest BCUT2D eigenvalue weighted by Gasteiger charge is 2.62. The highest BCUT2D eigenvalue weighted by molar-refractivity contribution is 6.81. The van der Waals surface area contributed by atoms with Crippen molar-refractivity contribution in [1.82, 2.24) is 0 Å². The molecule has 0 aromatic heterocycles. The first-order chi connectivity index (χ1) is 31.4. The molecular formula is C63H112Si2. The first kappa shape index (κ1) is 49.0. The summed E-state index contributed by atoms with van der Waals surface area (Å²) >= 11 is 0. The topological polar surface area (TPSA) is 0 Å². The highest BCUT2D eigenvalue weighted by Crippen LogP contribution is 2.69. The van der Waals surface area contributed by atoms with Crippen LogP contribution in [0.2, 0.25) is 48.4 Å². The predicted octanol–water partition coefficient (Wildman–Crippen LogP) is 19.9. The molecule has 0 saturated heterocycles. The van der Waals surface area contributed by atoms with Crippen LogP contribution in [-0.4, -0.2) is 16.1 Å². The predicted molar refractivity (Wildman–Crippen MR) is 288 cm³/mol. The fraction of sp³-hybridized carbons (Fsp3) is 1.00. The third-order valence-corrected chi connectivity index (χ3v) is 36.7. The second-order valence-corrected chi connectivity index (χ2v) is 39.8. The lowest BCUT2D eigenvalue weighted by Crippen LogP contribution is -2.48. The van der Waals surface area contributed by atoms with Gasteiger partial charge >= 0.3 is 0 Å². The molecule has 20 unspecified atom stereocenters. The summed E-state index contributed by atoms with van der Waals surface area (Å²) in [4.78, 5) is 0. The van der Waals surface area contributed by atoms with E-state index in [9.17, 15) is 0 Å². The van der Waals surface area contributed by atoms with Gasteiger partial charge in [0.1, 0.15) is 0 Å². The minimum absolute atomic E-state index is 0.890. The zero-order valence-corrected chi connectivity index (χ0v) is 47.2. The smallest absolute Gasteiger partial charge is 0.0547 e. The second-order valence-electron chi connectivity index (χ2n) is 29.8. The van der Waals surface area contributed by atoms with Crippen LogP contribution in [0.15, 0.2) is 0 Å². The normalized spacial score (nSPS) is 47.7. The molecular weight excluding hydrogens is 813 g/mol. The van der Waals surface area contributed by atoms with E-state index in [4.69, 9.17) is 0 Å². The Morgan fingerprint density at radius 3 is 1.14 bits per heavy atom. The average Bonchev–Trinajstić information content (AvgIpc) is 4.06. The van der Waals surface area contributed by atoms with Gasteiger partial charge in [-0.05, 0) is 173 Å². The van der Waals surface area contributed by atoms with Gasteiger partial charge in [0.25, 0.3) is 0 Å². The van der Waals surface area contributed by atoms with E-state index < -0.39 is 16.1 Å². The van der Waals surface area contributed by atoms with E-state index in [0.717, 1.165) is 135 Å². The first-order valence-corrected chi connectivity index (χ1v) is 37.7. The summed E-state index contributed by atoms with van der Waals surface area (Å²) in [5.74, 6) is 20.2. The van der Waals surface area contributed by atoms with E-state index in [-0.39, 0.29) is 0 Å². The van der Waals surface area contributed by atoms with Gasteiger partial charge in [-0.15, -0.1) is 0 Å². The molecule has 0 aromatic rings. The van der Waals surface area contributed by atoms with Gasteiger partial charge in [0, 0.05) is 0 Å². The summed E-state index contributed by atoms with van der Waals surface area (Å²) in [6.45, 7) is 25.8. The minimum Gasteiger partial charge on any atom is -0.0689 e. The quantitative estimate of drug-likeness (QED) is 0.128. The van der Waals surface area contributed by atoms with Crippen LogP contribution in [0.1, 0.15) is 234 Å². The molecule has 0 nitrogen and oxygen atoms in total. The first-order valence-electron chi connectivity index (χ1n) is 31.4. The second kappa shape index (κ2) is 20.5. The Hall–Kier alpha value is 0.434. The van der Waals surface area contributed by atoms with Gasteiger partial charge in [-0.3, -0.25) is 0 Å². The molecule has 0 spiro atoms.